The van der Waals surface area contributed by atoms with Crippen LogP contribution in [-0.2, 0) is 6.54 Å². The Balaban J connectivity index is 1.48. The maximum Gasteiger partial charge on any atom is 0.0543 e. The minimum atomic E-state index is 0.807. The molecule has 0 aliphatic carbocycles. The van der Waals surface area contributed by atoms with E-state index < -0.39 is 0 Å². The fourth-order valence-corrected chi connectivity index (χ4v) is 3.35. The molecule has 98 valence electrons. The van der Waals surface area contributed by atoms with Crippen LogP contribution in [0.3, 0.4) is 0 Å². The average molecular weight is 245 g/mol. The van der Waals surface area contributed by atoms with Crippen LogP contribution < -0.4 is 5.32 Å². The van der Waals surface area contributed by atoms with Crippen molar-refractivity contribution in [1.82, 2.24) is 15.2 Å². The Morgan fingerprint density at radius 3 is 2.78 bits per heavy atom. The molecule has 1 aromatic heterocycles. The van der Waals surface area contributed by atoms with Gasteiger partial charge in [0.1, 0.15) is 0 Å². The van der Waals surface area contributed by atoms with Crippen molar-refractivity contribution < 1.29 is 0 Å². The Labute approximate surface area is 110 Å². The summed E-state index contributed by atoms with van der Waals surface area (Å²) in [7, 11) is 0. The van der Waals surface area contributed by atoms with Gasteiger partial charge in [-0.25, -0.2) is 0 Å². The number of hydrogen-bond donors (Lipinski definition) is 1. The van der Waals surface area contributed by atoms with E-state index in [1.165, 1.54) is 51.0 Å². The van der Waals surface area contributed by atoms with E-state index >= 15 is 0 Å². The SMILES string of the molecule is c1ccc(CN2CCC(C3CCCN3)CC2)nc1. The summed E-state index contributed by atoms with van der Waals surface area (Å²) in [5, 5.41) is 3.66. The van der Waals surface area contributed by atoms with Crippen molar-refractivity contribution in [2.45, 2.75) is 38.3 Å². The van der Waals surface area contributed by atoms with Gasteiger partial charge in [-0.1, -0.05) is 6.07 Å². The van der Waals surface area contributed by atoms with Gasteiger partial charge < -0.3 is 5.32 Å². The molecule has 2 fully saturated rings. The van der Waals surface area contributed by atoms with Gasteiger partial charge in [0.15, 0.2) is 0 Å². The van der Waals surface area contributed by atoms with Crippen molar-refractivity contribution in [3.63, 3.8) is 0 Å². The van der Waals surface area contributed by atoms with Crippen molar-refractivity contribution in [3.8, 4) is 0 Å². The van der Waals surface area contributed by atoms with Crippen LogP contribution in [0.2, 0.25) is 0 Å². The van der Waals surface area contributed by atoms with E-state index in [-0.39, 0.29) is 0 Å². The fourth-order valence-electron chi connectivity index (χ4n) is 3.35. The summed E-state index contributed by atoms with van der Waals surface area (Å²) in [6.07, 6.45) is 7.36. The first-order valence-electron chi connectivity index (χ1n) is 7.27. The van der Waals surface area contributed by atoms with Gasteiger partial charge in [0, 0.05) is 18.8 Å². The van der Waals surface area contributed by atoms with Gasteiger partial charge in [0.05, 0.1) is 5.69 Å². The Kier molecular flexibility index (Phi) is 3.91. The summed E-state index contributed by atoms with van der Waals surface area (Å²) < 4.78 is 0. The van der Waals surface area contributed by atoms with E-state index in [9.17, 15) is 0 Å². The summed E-state index contributed by atoms with van der Waals surface area (Å²) >= 11 is 0. The molecule has 3 rings (SSSR count). The Bertz CT molecular complexity index is 351. The molecule has 3 heterocycles. The van der Waals surface area contributed by atoms with E-state index in [1.54, 1.807) is 0 Å². The predicted molar refractivity (Wildman–Crippen MR) is 73.3 cm³/mol. The summed E-state index contributed by atoms with van der Waals surface area (Å²) in [5.74, 6) is 0.910. The minimum Gasteiger partial charge on any atom is -0.314 e. The van der Waals surface area contributed by atoms with Crippen LogP contribution in [0.25, 0.3) is 0 Å². The van der Waals surface area contributed by atoms with Gasteiger partial charge in [-0.05, 0) is 63.4 Å². The van der Waals surface area contributed by atoms with E-state index in [2.05, 4.69) is 27.3 Å². The quantitative estimate of drug-likeness (QED) is 0.883. The zero-order valence-electron chi connectivity index (χ0n) is 11.0. The molecule has 0 aromatic carbocycles. The Hall–Kier alpha value is -0.930. The lowest BCUT2D eigenvalue weighted by Crippen LogP contribution is -2.40. The van der Waals surface area contributed by atoms with Crippen LogP contribution in [-0.4, -0.2) is 35.6 Å². The van der Waals surface area contributed by atoms with E-state index in [1.807, 2.05) is 12.3 Å². The number of nitrogens with zero attached hydrogens (tertiary/aromatic N) is 2. The molecule has 0 radical (unpaired) electrons. The smallest absolute Gasteiger partial charge is 0.0543 e. The van der Waals surface area contributed by atoms with Crippen molar-refractivity contribution in [2.24, 2.45) is 5.92 Å². The maximum absolute atomic E-state index is 4.42. The summed E-state index contributed by atoms with van der Waals surface area (Å²) in [4.78, 5) is 6.96. The highest BCUT2D eigenvalue weighted by molar-refractivity contribution is 5.03. The number of rotatable bonds is 3. The van der Waals surface area contributed by atoms with Crippen molar-refractivity contribution in [1.29, 1.82) is 0 Å². The topological polar surface area (TPSA) is 28.2 Å². The van der Waals surface area contributed by atoms with Crippen molar-refractivity contribution >= 4 is 0 Å². The average Bonchev–Trinajstić information content (AvgIpc) is 2.95. The molecule has 3 heteroatoms. The van der Waals surface area contributed by atoms with Gasteiger partial charge in [0.2, 0.25) is 0 Å². The predicted octanol–water partition coefficient (Wildman–Crippen LogP) is 2.05. The third-order valence-corrected chi connectivity index (χ3v) is 4.41. The molecule has 0 bridgehead atoms. The van der Waals surface area contributed by atoms with Crippen LogP contribution in [0.5, 0.6) is 0 Å². The molecule has 2 aliphatic heterocycles. The molecule has 1 atom stereocenters. The second kappa shape index (κ2) is 5.81. The third kappa shape index (κ3) is 2.90. The number of likely N-dealkylation sites (tertiary alicyclic amines) is 1. The Morgan fingerprint density at radius 2 is 2.11 bits per heavy atom. The van der Waals surface area contributed by atoms with Gasteiger partial charge in [-0.15, -0.1) is 0 Å². The maximum atomic E-state index is 4.42. The molecule has 1 aromatic rings. The first kappa shape index (κ1) is 12.1. The first-order chi connectivity index (χ1) is 8.92. The Morgan fingerprint density at radius 1 is 1.22 bits per heavy atom. The molecule has 3 nitrogen and oxygen atoms in total. The normalized spacial score (nSPS) is 26.6. The molecule has 2 aliphatic rings. The number of pyridine rings is 1. The zero-order valence-corrected chi connectivity index (χ0v) is 11.0. The van der Waals surface area contributed by atoms with Crippen LogP contribution in [0.4, 0.5) is 0 Å². The minimum absolute atomic E-state index is 0.807. The lowest BCUT2D eigenvalue weighted by atomic mass is 9.88. The highest BCUT2D eigenvalue weighted by Crippen LogP contribution is 2.26. The summed E-state index contributed by atoms with van der Waals surface area (Å²) in [5.41, 5.74) is 1.20. The van der Waals surface area contributed by atoms with E-state index in [0.717, 1.165) is 18.5 Å². The largest absolute Gasteiger partial charge is 0.314 e. The lowest BCUT2D eigenvalue weighted by molar-refractivity contribution is 0.156. The van der Waals surface area contributed by atoms with Gasteiger partial charge in [0.25, 0.3) is 0 Å². The van der Waals surface area contributed by atoms with Crippen LogP contribution in [0.1, 0.15) is 31.4 Å². The molecule has 2 saturated heterocycles. The number of hydrogen-bond acceptors (Lipinski definition) is 3. The highest BCUT2D eigenvalue weighted by Gasteiger charge is 2.28. The molecule has 1 unspecified atom stereocenters. The lowest BCUT2D eigenvalue weighted by Gasteiger charge is -2.34. The second-order valence-electron chi connectivity index (χ2n) is 5.64. The highest BCUT2D eigenvalue weighted by atomic mass is 15.1. The molecule has 18 heavy (non-hydrogen) atoms. The first-order valence-corrected chi connectivity index (χ1v) is 7.27. The van der Waals surface area contributed by atoms with Crippen LogP contribution >= 0.6 is 0 Å². The van der Waals surface area contributed by atoms with Gasteiger partial charge in [-0.3, -0.25) is 9.88 Å². The number of piperidine rings is 1. The number of nitrogens with one attached hydrogen (secondary N) is 1. The molecule has 0 saturated carbocycles. The van der Waals surface area contributed by atoms with Crippen molar-refractivity contribution in [3.05, 3.63) is 30.1 Å². The van der Waals surface area contributed by atoms with E-state index in [4.69, 9.17) is 0 Å². The van der Waals surface area contributed by atoms with Gasteiger partial charge in [-0.2, -0.15) is 0 Å². The summed E-state index contributed by atoms with van der Waals surface area (Å²) in [6, 6.07) is 7.01. The fraction of sp³-hybridized carbons (Fsp3) is 0.667. The molecular weight excluding hydrogens is 222 g/mol. The van der Waals surface area contributed by atoms with Crippen molar-refractivity contribution in [2.75, 3.05) is 19.6 Å². The van der Waals surface area contributed by atoms with E-state index in [0.29, 0.717) is 0 Å². The molecule has 0 spiro atoms. The second-order valence-corrected chi connectivity index (χ2v) is 5.64. The standard InChI is InChI=1S/C15H23N3/c1-2-8-16-14(4-1)12-18-10-6-13(7-11-18)15-5-3-9-17-15/h1-2,4,8,13,15,17H,3,5-7,9-12H2. The summed E-state index contributed by atoms with van der Waals surface area (Å²) in [6.45, 7) is 4.73. The molecule has 1 N–H and O–H groups in total. The third-order valence-electron chi connectivity index (χ3n) is 4.41. The zero-order chi connectivity index (χ0) is 12.2. The van der Waals surface area contributed by atoms with Crippen LogP contribution in [0.15, 0.2) is 24.4 Å². The monoisotopic (exact) mass is 245 g/mol. The van der Waals surface area contributed by atoms with Crippen LogP contribution in [0, 0.1) is 5.92 Å². The molecular formula is C15H23N3. The number of aromatic nitrogens is 1. The van der Waals surface area contributed by atoms with Gasteiger partial charge >= 0.3 is 0 Å². The molecule has 0 amide bonds.